The molecule has 0 radical (unpaired) electrons. The van der Waals surface area contributed by atoms with E-state index in [4.69, 9.17) is 4.42 Å². The summed E-state index contributed by atoms with van der Waals surface area (Å²) in [5.41, 5.74) is 3.55. The number of anilines is 1. The molecule has 0 aliphatic carbocycles. The molecule has 3 rings (SSSR count). The summed E-state index contributed by atoms with van der Waals surface area (Å²) < 4.78 is 5.73. The highest BCUT2D eigenvalue weighted by Crippen LogP contribution is 2.33. The smallest absolute Gasteiger partial charge is 0.231 e. The number of benzene rings is 2. The number of hydrogen-bond donors (Lipinski definition) is 2. The first-order valence-electron chi connectivity index (χ1n) is 8.07. The molecule has 1 amide bonds. The van der Waals surface area contributed by atoms with E-state index in [-0.39, 0.29) is 11.7 Å². The van der Waals surface area contributed by atoms with Crippen molar-refractivity contribution in [3.8, 4) is 17.2 Å². The fourth-order valence-electron chi connectivity index (χ4n) is 2.50. The molecular formula is C19H20N2O3. The van der Waals surface area contributed by atoms with Crippen LogP contribution in [0.5, 0.6) is 5.75 Å². The minimum Gasteiger partial charge on any atom is -0.507 e. The van der Waals surface area contributed by atoms with E-state index in [0.717, 1.165) is 23.9 Å². The van der Waals surface area contributed by atoms with Crippen molar-refractivity contribution in [2.24, 2.45) is 0 Å². The molecule has 0 saturated heterocycles. The fourth-order valence-corrected chi connectivity index (χ4v) is 2.50. The SMILES string of the molecule is CCCCC(=O)Nc1ccc(O)c(-c2nc3cc(C)ccc3o2)c1. The maximum absolute atomic E-state index is 11.9. The van der Waals surface area contributed by atoms with Gasteiger partial charge in [-0.25, -0.2) is 4.98 Å². The molecule has 0 aliphatic heterocycles. The van der Waals surface area contributed by atoms with Gasteiger partial charge in [-0.05, 0) is 49.2 Å². The van der Waals surface area contributed by atoms with E-state index in [1.165, 1.54) is 6.07 Å². The van der Waals surface area contributed by atoms with Gasteiger partial charge < -0.3 is 14.8 Å². The Hall–Kier alpha value is -2.82. The van der Waals surface area contributed by atoms with Gasteiger partial charge in [0.2, 0.25) is 11.8 Å². The van der Waals surface area contributed by atoms with Gasteiger partial charge in [0.25, 0.3) is 0 Å². The van der Waals surface area contributed by atoms with Crippen molar-refractivity contribution in [3.63, 3.8) is 0 Å². The minimum absolute atomic E-state index is 0.0401. The number of rotatable bonds is 5. The molecule has 0 aliphatic rings. The Morgan fingerprint density at radius 1 is 1.25 bits per heavy atom. The Morgan fingerprint density at radius 3 is 2.88 bits per heavy atom. The first-order valence-corrected chi connectivity index (χ1v) is 8.07. The fraction of sp³-hybridized carbons (Fsp3) is 0.263. The predicted molar refractivity (Wildman–Crippen MR) is 94.0 cm³/mol. The molecule has 0 bridgehead atoms. The number of nitrogens with zero attached hydrogens (tertiary/aromatic N) is 1. The molecule has 0 spiro atoms. The third-order valence-corrected chi connectivity index (χ3v) is 3.81. The number of oxazole rings is 1. The molecular weight excluding hydrogens is 304 g/mol. The van der Waals surface area contributed by atoms with Crippen molar-refractivity contribution in [2.75, 3.05) is 5.32 Å². The number of phenols is 1. The summed E-state index contributed by atoms with van der Waals surface area (Å²) in [6, 6.07) is 10.6. The monoisotopic (exact) mass is 324 g/mol. The number of unbranched alkanes of at least 4 members (excludes halogenated alkanes) is 1. The van der Waals surface area contributed by atoms with Crippen molar-refractivity contribution in [3.05, 3.63) is 42.0 Å². The van der Waals surface area contributed by atoms with Crippen LogP contribution in [0, 0.1) is 6.92 Å². The lowest BCUT2D eigenvalue weighted by molar-refractivity contribution is -0.116. The van der Waals surface area contributed by atoms with Crippen LogP contribution in [-0.2, 0) is 4.79 Å². The molecule has 1 heterocycles. The van der Waals surface area contributed by atoms with Crippen LogP contribution < -0.4 is 5.32 Å². The molecule has 124 valence electrons. The summed E-state index contributed by atoms with van der Waals surface area (Å²) >= 11 is 0. The second-order valence-electron chi connectivity index (χ2n) is 5.87. The number of aryl methyl sites for hydroxylation is 1. The number of aromatic nitrogens is 1. The van der Waals surface area contributed by atoms with Crippen LogP contribution in [-0.4, -0.2) is 16.0 Å². The number of hydrogen-bond acceptors (Lipinski definition) is 4. The second-order valence-corrected chi connectivity index (χ2v) is 5.87. The first-order chi connectivity index (χ1) is 11.6. The van der Waals surface area contributed by atoms with Gasteiger partial charge in [0, 0.05) is 12.1 Å². The highest BCUT2D eigenvalue weighted by Gasteiger charge is 2.14. The van der Waals surface area contributed by atoms with E-state index in [1.54, 1.807) is 12.1 Å². The minimum atomic E-state index is -0.0401. The van der Waals surface area contributed by atoms with Crippen molar-refractivity contribution in [1.29, 1.82) is 0 Å². The molecule has 0 atom stereocenters. The second kappa shape index (κ2) is 6.74. The van der Waals surface area contributed by atoms with Crippen molar-refractivity contribution < 1.29 is 14.3 Å². The summed E-state index contributed by atoms with van der Waals surface area (Å²) in [5, 5.41) is 13.0. The number of carbonyl (C=O) groups excluding carboxylic acids is 1. The van der Waals surface area contributed by atoms with Crippen LogP contribution >= 0.6 is 0 Å². The lowest BCUT2D eigenvalue weighted by Gasteiger charge is -2.07. The normalized spacial score (nSPS) is 10.9. The van der Waals surface area contributed by atoms with Crippen molar-refractivity contribution >= 4 is 22.7 Å². The largest absolute Gasteiger partial charge is 0.507 e. The molecule has 5 heteroatoms. The lowest BCUT2D eigenvalue weighted by atomic mass is 10.1. The number of phenolic OH excluding ortho intramolecular Hbond substituents is 1. The van der Waals surface area contributed by atoms with Crippen LogP contribution in [0.2, 0.25) is 0 Å². The quantitative estimate of drug-likeness (QED) is 0.671. The maximum Gasteiger partial charge on any atom is 0.231 e. The van der Waals surface area contributed by atoms with E-state index in [0.29, 0.717) is 29.1 Å². The van der Waals surface area contributed by atoms with Crippen LogP contribution in [0.4, 0.5) is 5.69 Å². The van der Waals surface area contributed by atoms with Crippen LogP contribution in [0.15, 0.2) is 40.8 Å². The van der Waals surface area contributed by atoms with Crippen LogP contribution in [0.1, 0.15) is 31.7 Å². The van der Waals surface area contributed by atoms with E-state index in [2.05, 4.69) is 10.3 Å². The molecule has 0 fully saturated rings. The number of amides is 1. The molecule has 3 aromatic rings. The van der Waals surface area contributed by atoms with Gasteiger partial charge in [-0.3, -0.25) is 4.79 Å². The first kappa shape index (κ1) is 16.1. The average molecular weight is 324 g/mol. The lowest BCUT2D eigenvalue weighted by Crippen LogP contribution is -2.10. The topological polar surface area (TPSA) is 75.4 Å². The number of nitrogens with one attached hydrogen (secondary N) is 1. The van der Waals surface area contributed by atoms with Gasteiger partial charge in [0.1, 0.15) is 11.3 Å². The molecule has 2 aromatic carbocycles. The maximum atomic E-state index is 11.9. The van der Waals surface area contributed by atoms with Gasteiger partial charge >= 0.3 is 0 Å². The highest BCUT2D eigenvalue weighted by atomic mass is 16.3. The van der Waals surface area contributed by atoms with Gasteiger partial charge in [-0.2, -0.15) is 0 Å². The standard InChI is InChI=1S/C19H20N2O3/c1-3-4-5-18(23)20-13-7-8-16(22)14(11-13)19-21-15-10-12(2)6-9-17(15)24-19/h6-11,22H,3-5H2,1-2H3,(H,20,23). The van der Waals surface area contributed by atoms with Gasteiger partial charge in [-0.1, -0.05) is 19.4 Å². The van der Waals surface area contributed by atoms with Gasteiger partial charge in [0.05, 0.1) is 5.56 Å². The van der Waals surface area contributed by atoms with E-state index in [9.17, 15) is 9.90 Å². The Bertz CT molecular complexity index is 883. The number of fused-ring (bicyclic) bond motifs is 1. The number of carbonyl (C=O) groups is 1. The average Bonchev–Trinajstić information content (AvgIpc) is 2.97. The summed E-state index contributed by atoms with van der Waals surface area (Å²) in [6.07, 6.45) is 2.30. The van der Waals surface area contributed by atoms with Gasteiger partial charge in [-0.15, -0.1) is 0 Å². The Kier molecular flexibility index (Phi) is 4.51. The van der Waals surface area contributed by atoms with Crippen LogP contribution in [0.3, 0.4) is 0 Å². The predicted octanol–water partition coefficient (Wildman–Crippen LogP) is 4.64. The third kappa shape index (κ3) is 3.40. The van der Waals surface area contributed by atoms with E-state index in [1.807, 2.05) is 32.0 Å². The summed E-state index contributed by atoms with van der Waals surface area (Å²) in [6.45, 7) is 4.03. The van der Waals surface area contributed by atoms with Crippen molar-refractivity contribution in [1.82, 2.24) is 4.98 Å². The zero-order valence-corrected chi connectivity index (χ0v) is 13.8. The molecule has 2 N–H and O–H groups in total. The third-order valence-electron chi connectivity index (χ3n) is 3.81. The molecule has 24 heavy (non-hydrogen) atoms. The summed E-state index contributed by atoms with van der Waals surface area (Å²) in [5.74, 6) is 0.351. The zero-order valence-electron chi connectivity index (χ0n) is 13.8. The Balaban J connectivity index is 1.91. The number of aromatic hydroxyl groups is 1. The van der Waals surface area contributed by atoms with E-state index >= 15 is 0 Å². The molecule has 0 unspecified atom stereocenters. The summed E-state index contributed by atoms with van der Waals surface area (Å²) in [4.78, 5) is 16.3. The van der Waals surface area contributed by atoms with Crippen LogP contribution in [0.25, 0.3) is 22.6 Å². The van der Waals surface area contributed by atoms with E-state index < -0.39 is 0 Å². The highest BCUT2D eigenvalue weighted by molar-refractivity contribution is 5.91. The van der Waals surface area contributed by atoms with Gasteiger partial charge in [0.15, 0.2) is 5.58 Å². The zero-order chi connectivity index (χ0) is 17.1. The Labute approximate surface area is 140 Å². The van der Waals surface area contributed by atoms with Crippen molar-refractivity contribution in [2.45, 2.75) is 33.1 Å². The molecule has 1 aromatic heterocycles. The Morgan fingerprint density at radius 2 is 2.08 bits per heavy atom. The molecule has 0 saturated carbocycles. The summed E-state index contributed by atoms with van der Waals surface area (Å²) in [7, 11) is 0. The molecule has 5 nitrogen and oxygen atoms in total.